The fourth-order valence-corrected chi connectivity index (χ4v) is 2.79. The number of guanidine groups is 1. The number of benzene rings is 2. The summed E-state index contributed by atoms with van der Waals surface area (Å²) in [5, 5.41) is 0. The predicted molar refractivity (Wildman–Crippen MR) is 85.5 cm³/mol. The maximum absolute atomic E-state index is 12.5. The molecule has 2 aromatic carbocycles. The third kappa shape index (κ3) is 2.83. The van der Waals surface area contributed by atoms with Crippen LogP contribution in [0.2, 0.25) is 0 Å². The first-order chi connectivity index (χ1) is 10.1. The van der Waals surface area contributed by atoms with Crippen LogP contribution in [-0.2, 0) is 11.3 Å². The van der Waals surface area contributed by atoms with Crippen LogP contribution in [0.25, 0.3) is 0 Å². The standard InChI is InChI=1S/C16H14BrN3O/c17-13-8-4-5-11(9-13)10-20-15(21)14(19-16(20)18)12-6-2-1-3-7-12/h1-9,14H,10H2,(H2,18,19). The number of nitrogens with two attached hydrogens (primary N) is 1. The molecular formula is C16H14BrN3O. The minimum Gasteiger partial charge on any atom is -0.369 e. The predicted octanol–water partition coefficient (Wildman–Crippen LogP) is 2.85. The monoisotopic (exact) mass is 343 g/mol. The first-order valence-corrected chi connectivity index (χ1v) is 7.38. The maximum Gasteiger partial charge on any atom is 0.259 e. The molecule has 0 radical (unpaired) electrons. The molecule has 0 fully saturated rings. The Hall–Kier alpha value is -2.14. The molecule has 1 heterocycles. The number of carbonyl (C=O) groups is 1. The molecule has 0 bridgehead atoms. The summed E-state index contributed by atoms with van der Waals surface area (Å²) in [6.45, 7) is 0.428. The summed E-state index contributed by atoms with van der Waals surface area (Å²) >= 11 is 3.43. The van der Waals surface area contributed by atoms with E-state index in [1.54, 1.807) is 0 Å². The lowest BCUT2D eigenvalue weighted by atomic mass is 10.1. The van der Waals surface area contributed by atoms with E-state index in [0.29, 0.717) is 6.54 Å². The zero-order valence-electron chi connectivity index (χ0n) is 11.2. The van der Waals surface area contributed by atoms with Crippen molar-refractivity contribution in [1.29, 1.82) is 0 Å². The zero-order valence-corrected chi connectivity index (χ0v) is 12.8. The van der Waals surface area contributed by atoms with Gasteiger partial charge in [0.25, 0.3) is 5.91 Å². The van der Waals surface area contributed by atoms with Crippen molar-refractivity contribution in [3.05, 3.63) is 70.2 Å². The van der Waals surface area contributed by atoms with Crippen molar-refractivity contribution in [2.24, 2.45) is 10.7 Å². The molecule has 1 atom stereocenters. The van der Waals surface area contributed by atoms with E-state index in [4.69, 9.17) is 5.73 Å². The second-order valence-corrected chi connectivity index (χ2v) is 5.77. The summed E-state index contributed by atoms with van der Waals surface area (Å²) in [6.07, 6.45) is 0. The highest BCUT2D eigenvalue weighted by Gasteiger charge is 2.34. The van der Waals surface area contributed by atoms with Gasteiger partial charge in [0.2, 0.25) is 0 Å². The van der Waals surface area contributed by atoms with Gasteiger partial charge in [-0.3, -0.25) is 9.69 Å². The Bertz CT molecular complexity index is 700. The van der Waals surface area contributed by atoms with E-state index < -0.39 is 6.04 Å². The topological polar surface area (TPSA) is 58.7 Å². The average molecular weight is 344 g/mol. The second kappa shape index (κ2) is 5.69. The molecular weight excluding hydrogens is 330 g/mol. The molecule has 0 saturated carbocycles. The lowest BCUT2D eigenvalue weighted by Crippen LogP contribution is -2.37. The zero-order chi connectivity index (χ0) is 14.8. The molecule has 21 heavy (non-hydrogen) atoms. The number of aliphatic imine (C=N–C) groups is 1. The number of nitrogens with zero attached hydrogens (tertiary/aromatic N) is 2. The van der Waals surface area contributed by atoms with E-state index >= 15 is 0 Å². The van der Waals surface area contributed by atoms with E-state index in [2.05, 4.69) is 20.9 Å². The molecule has 4 nitrogen and oxygen atoms in total. The molecule has 1 unspecified atom stereocenters. The van der Waals surface area contributed by atoms with Gasteiger partial charge >= 0.3 is 0 Å². The van der Waals surface area contributed by atoms with Gasteiger partial charge in [0.1, 0.15) is 0 Å². The smallest absolute Gasteiger partial charge is 0.259 e. The van der Waals surface area contributed by atoms with E-state index in [1.165, 1.54) is 4.90 Å². The summed E-state index contributed by atoms with van der Waals surface area (Å²) in [4.78, 5) is 18.4. The molecule has 5 heteroatoms. The summed E-state index contributed by atoms with van der Waals surface area (Å²) < 4.78 is 0.974. The summed E-state index contributed by atoms with van der Waals surface area (Å²) in [5.41, 5.74) is 7.79. The number of hydrogen-bond acceptors (Lipinski definition) is 3. The molecule has 106 valence electrons. The van der Waals surface area contributed by atoms with Gasteiger partial charge in [0, 0.05) is 4.47 Å². The van der Waals surface area contributed by atoms with E-state index in [1.807, 2.05) is 54.6 Å². The number of carbonyl (C=O) groups excluding carboxylic acids is 1. The van der Waals surface area contributed by atoms with Crippen LogP contribution in [0.15, 0.2) is 64.1 Å². The molecule has 2 aromatic rings. The van der Waals surface area contributed by atoms with Gasteiger partial charge in [-0.25, -0.2) is 4.99 Å². The molecule has 1 aliphatic heterocycles. The van der Waals surface area contributed by atoms with Crippen LogP contribution in [0.3, 0.4) is 0 Å². The lowest BCUT2D eigenvalue weighted by Gasteiger charge is -2.17. The van der Waals surface area contributed by atoms with Crippen LogP contribution in [-0.4, -0.2) is 16.8 Å². The number of rotatable bonds is 3. The minimum atomic E-state index is -0.529. The van der Waals surface area contributed by atoms with Crippen LogP contribution < -0.4 is 5.73 Å². The average Bonchev–Trinajstić information content (AvgIpc) is 2.76. The Labute approximate surface area is 131 Å². The second-order valence-electron chi connectivity index (χ2n) is 4.85. The Balaban J connectivity index is 1.83. The summed E-state index contributed by atoms with van der Waals surface area (Å²) in [5.74, 6) is 0.188. The van der Waals surface area contributed by atoms with Crippen LogP contribution >= 0.6 is 15.9 Å². The summed E-state index contributed by atoms with van der Waals surface area (Å²) in [6, 6.07) is 16.8. The highest BCUT2D eigenvalue weighted by Crippen LogP contribution is 2.26. The van der Waals surface area contributed by atoms with Crippen LogP contribution in [0.5, 0.6) is 0 Å². The first-order valence-electron chi connectivity index (χ1n) is 6.59. The van der Waals surface area contributed by atoms with E-state index in [0.717, 1.165) is 15.6 Å². The van der Waals surface area contributed by atoms with Gasteiger partial charge in [0.15, 0.2) is 12.0 Å². The summed E-state index contributed by atoms with van der Waals surface area (Å²) in [7, 11) is 0. The SMILES string of the molecule is NC1=NC(c2ccccc2)C(=O)N1Cc1cccc(Br)c1. The van der Waals surface area contributed by atoms with Crippen LogP contribution in [0.4, 0.5) is 0 Å². The van der Waals surface area contributed by atoms with Gasteiger partial charge in [-0.1, -0.05) is 58.4 Å². The quantitative estimate of drug-likeness (QED) is 0.931. The van der Waals surface area contributed by atoms with Gasteiger partial charge < -0.3 is 5.73 Å². The lowest BCUT2D eigenvalue weighted by molar-refractivity contribution is -0.127. The van der Waals surface area contributed by atoms with Gasteiger partial charge in [-0.2, -0.15) is 0 Å². The molecule has 0 aromatic heterocycles. The Morgan fingerprint density at radius 1 is 1.14 bits per heavy atom. The number of amides is 1. The molecule has 0 aliphatic carbocycles. The fourth-order valence-electron chi connectivity index (χ4n) is 2.35. The van der Waals surface area contributed by atoms with Crippen molar-refractivity contribution < 1.29 is 4.79 Å². The number of halogens is 1. The highest BCUT2D eigenvalue weighted by atomic mass is 79.9. The first kappa shape index (κ1) is 13.8. The van der Waals surface area contributed by atoms with Crippen LogP contribution in [0, 0.1) is 0 Å². The van der Waals surface area contributed by atoms with Gasteiger partial charge in [-0.05, 0) is 23.3 Å². The maximum atomic E-state index is 12.5. The molecule has 1 amide bonds. The largest absolute Gasteiger partial charge is 0.369 e. The fraction of sp³-hybridized carbons (Fsp3) is 0.125. The van der Waals surface area contributed by atoms with Gasteiger partial charge in [-0.15, -0.1) is 0 Å². The number of hydrogen-bond donors (Lipinski definition) is 1. The third-order valence-electron chi connectivity index (χ3n) is 3.38. The minimum absolute atomic E-state index is 0.0846. The molecule has 0 saturated heterocycles. The van der Waals surface area contributed by atoms with Crippen molar-refractivity contribution in [2.75, 3.05) is 0 Å². The van der Waals surface area contributed by atoms with Crippen molar-refractivity contribution in [1.82, 2.24) is 4.90 Å². The highest BCUT2D eigenvalue weighted by molar-refractivity contribution is 9.10. The molecule has 2 N–H and O–H groups in total. The van der Waals surface area contributed by atoms with Crippen molar-refractivity contribution in [3.63, 3.8) is 0 Å². The Morgan fingerprint density at radius 2 is 1.90 bits per heavy atom. The molecule has 3 rings (SSSR count). The third-order valence-corrected chi connectivity index (χ3v) is 3.88. The molecule has 0 spiro atoms. The van der Waals surface area contributed by atoms with E-state index in [-0.39, 0.29) is 11.9 Å². The van der Waals surface area contributed by atoms with Crippen molar-refractivity contribution in [2.45, 2.75) is 12.6 Å². The Morgan fingerprint density at radius 3 is 2.62 bits per heavy atom. The van der Waals surface area contributed by atoms with Crippen molar-refractivity contribution in [3.8, 4) is 0 Å². The van der Waals surface area contributed by atoms with E-state index in [9.17, 15) is 4.79 Å². The normalized spacial score (nSPS) is 18.0. The van der Waals surface area contributed by atoms with Crippen LogP contribution in [0.1, 0.15) is 17.2 Å². The Kier molecular flexibility index (Phi) is 3.75. The molecule has 1 aliphatic rings. The van der Waals surface area contributed by atoms with Crippen molar-refractivity contribution >= 4 is 27.8 Å². The van der Waals surface area contributed by atoms with Gasteiger partial charge in [0.05, 0.1) is 6.54 Å².